The molecule has 1 radical (unpaired) electrons. The fraction of sp³-hybridized carbons (Fsp3) is 0. The van der Waals surface area contributed by atoms with Gasteiger partial charge in [0.05, 0.1) is 12.0 Å². The van der Waals surface area contributed by atoms with Gasteiger partial charge in [0.15, 0.2) is 0 Å². The van der Waals surface area contributed by atoms with Crippen LogP contribution in [0.25, 0.3) is 0 Å². The monoisotopic (exact) mass is 233 g/mol. The minimum atomic E-state index is 0.525. The molecule has 1 nitrogen and oxygen atoms in total. The standard InChI is InChI=1S/C12H9OS2/c13-15-12-8-6-11(7-9-12)14-10-4-2-1-3-5-10/h1-9H. The Kier molecular flexibility index (Phi) is 3.72. The number of benzene rings is 2. The SMILES string of the molecule is [O]Sc1ccc(Sc2ccccc2)cc1. The zero-order valence-electron chi connectivity index (χ0n) is 7.92. The van der Waals surface area contributed by atoms with Gasteiger partial charge in [0.25, 0.3) is 0 Å². The first-order chi connectivity index (χ1) is 7.38. The number of rotatable bonds is 3. The summed E-state index contributed by atoms with van der Waals surface area (Å²) in [4.78, 5) is 3.12. The van der Waals surface area contributed by atoms with Crippen molar-refractivity contribution in [2.75, 3.05) is 0 Å². The average molecular weight is 233 g/mol. The van der Waals surface area contributed by atoms with E-state index in [0.29, 0.717) is 12.0 Å². The van der Waals surface area contributed by atoms with Crippen molar-refractivity contribution in [2.24, 2.45) is 0 Å². The van der Waals surface area contributed by atoms with E-state index in [0.717, 1.165) is 9.79 Å². The van der Waals surface area contributed by atoms with Crippen LogP contribution in [0.1, 0.15) is 0 Å². The molecule has 0 fully saturated rings. The summed E-state index contributed by atoms with van der Waals surface area (Å²) in [6, 6.07) is 17.8. The van der Waals surface area contributed by atoms with Gasteiger partial charge in [-0.25, -0.2) is 0 Å². The van der Waals surface area contributed by atoms with Gasteiger partial charge in [0.2, 0.25) is 0 Å². The van der Waals surface area contributed by atoms with Crippen LogP contribution >= 0.6 is 23.8 Å². The minimum Gasteiger partial charge on any atom is -0.145 e. The molecule has 0 aliphatic rings. The molecule has 2 aromatic rings. The van der Waals surface area contributed by atoms with Crippen LogP contribution in [-0.2, 0) is 4.55 Å². The third kappa shape index (κ3) is 3.02. The highest BCUT2D eigenvalue weighted by molar-refractivity contribution is 7.99. The van der Waals surface area contributed by atoms with Crippen LogP contribution in [-0.4, -0.2) is 0 Å². The molecule has 2 rings (SSSR count). The first-order valence-electron chi connectivity index (χ1n) is 4.51. The van der Waals surface area contributed by atoms with E-state index in [-0.39, 0.29) is 0 Å². The normalized spacial score (nSPS) is 10.2. The molecule has 0 amide bonds. The molecule has 0 aliphatic heterocycles. The lowest BCUT2D eigenvalue weighted by molar-refractivity contribution is 0.531. The van der Waals surface area contributed by atoms with Crippen LogP contribution < -0.4 is 0 Å². The summed E-state index contributed by atoms with van der Waals surface area (Å²) in [6.45, 7) is 0. The second-order valence-electron chi connectivity index (χ2n) is 2.97. The van der Waals surface area contributed by atoms with Crippen molar-refractivity contribution in [1.29, 1.82) is 0 Å². The Morgan fingerprint density at radius 1 is 0.667 bits per heavy atom. The molecule has 0 spiro atoms. The molecule has 0 N–H and O–H groups in total. The summed E-state index contributed by atoms with van der Waals surface area (Å²) in [6.07, 6.45) is 0. The van der Waals surface area contributed by atoms with E-state index >= 15 is 0 Å². The molecule has 0 heterocycles. The van der Waals surface area contributed by atoms with E-state index in [2.05, 4.69) is 12.1 Å². The number of hydrogen-bond acceptors (Lipinski definition) is 2. The lowest BCUT2D eigenvalue weighted by atomic mass is 10.4. The first-order valence-corrected chi connectivity index (χ1v) is 6.07. The highest BCUT2D eigenvalue weighted by Gasteiger charge is 1.97. The molecular formula is C12H9OS2. The second kappa shape index (κ2) is 5.26. The van der Waals surface area contributed by atoms with Crippen LogP contribution in [0.15, 0.2) is 69.3 Å². The lowest BCUT2D eigenvalue weighted by Gasteiger charge is -2.01. The van der Waals surface area contributed by atoms with E-state index in [9.17, 15) is 4.55 Å². The molecule has 0 bridgehead atoms. The Labute approximate surface area is 97.7 Å². The zero-order valence-corrected chi connectivity index (χ0v) is 9.55. The van der Waals surface area contributed by atoms with E-state index in [1.165, 1.54) is 4.90 Å². The highest BCUT2D eigenvalue weighted by Crippen LogP contribution is 2.28. The van der Waals surface area contributed by atoms with Gasteiger partial charge in [-0.1, -0.05) is 30.0 Å². The third-order valence-corrected chi connectivity index (χ3v) is 3.38. The summed E-state index contributed by atoms with van der Waals surface area (Å²) in [7, 11) is 0. The molecule has 0 aliphatic carbocycles. The van der Waals surface area contributed by atoms with Crippen molar-refractivity contribution in [2.45, 2.75) is 14.7 Å². The van der Waals surface area contributed by atoms with E-state index in [1.807, 2.05) is 42.5 Å². The van der Waals surface area contributed by atoms with Gasteiger partial charge in [-0.3, -0.25) is 0 Å². The quantitative estimate of drug-likeness (QED) is 0.737. The van der Waals surface area contributed by atoms with E-state index in [4.69, 9.17) is 0 Å². The summed E-state index contributed by atoms with van der Waals surface area (Å²) in [5.74, 6) is 0. The van der Waals surface area contributed by atoms with Crippen LogP contribution in [0.3, 0.4) is 0 Å². The van der Waals surface area contributed by atoms with E-state index < -0.39 is 0 Å². The maximum atomic E-state index is 10.5. The van der Waals surface area contributed by atoms with Gasteiger partial charge < -0.3 is 0 Å². The summed E-state index contributed by atoms with van der Waals surface area (Å²) < 4.78 is 10.5. The molecule has 15 heavy (non-hydrogen) atoms. The topological polar surface area (TPSA) is 19.9 Å². The average Bonchev–Trinajstić information content (AvgIpc) is 2.31. The second-order valence-corrected chi connectivity index (χ2v) is 4.75. The largest absolute Gasteiger partial charge is 0.145 e. The summed E-state index contributed by atoms with van der Waals surface area (Å²) in [5.41, 5.74) is 0. The molecule has 0 aromatic heterocycles. The van der Waals surface area contributed by atoms with Crippen LogP contribution in [0.5, 0.6) is 0 Å². The lowest BCUT2D eigenvalue weighted by Crippen LogP contribution is -1.73. The Morgan fingerprint density at radius 2 is 1.20 bits per heavy atom. The van der Waals surface area contributed by atoms with Crippen molar-refractivity contribution >= 4 is 23.8 Å². The smallest absolute Gasteiger partial charge is 0.0695 e. The predicted octanol–water partition coefficient (Wildman–Crippen LogP) is 4.28. The number of hydrogen-bond donors (Lipinski definition) is 0. The van der Waals surface area contributed by atoms with E-state index in [1.54, 1.807) is 11.8 Å². The Bertz CT molecular complexity index is 411. The van der Waals surface area contributed by atoms with Crippen LogP contribution in [0.2, 0.25) is 0 Å². The Hall–Kier alpha value is -0.900. The third-order valence-electron chi connectivity index (χ3n) is 1.90. The maximum absolute atomic E-state index is 10.5. The Morgan fingerprint density at radius 3 is 1.80 bits per heavy atom. The Balaban J connectivity index is 2.11. The molecule has 0 atom stereocenters. The predicted molar refractivity (Wildman–Crippen MR) is 63.6 cm³/mol. The van der Waals surface area contributed by atoms with Gasteiger partial charge in [-0.05, 0) is 36.4 Å². The van der Waals surface area contributed by atoms with Crippen molar-refractivity contribution in [1.82, 2.24) is 0 Å². The van der Waals surface area contributed by atoms with Crippen LogP contribution in [0.4, 0.5) is 0 Å². The fourth-order valence-corrected chi connectivity index (χ4v) is 2.27. The maximum Gasteiger partial charge on any atom is 0.0695 e. The van der Waals surface area contributed by atoms with Crippen LogP contribution in [0, 0.1) is 0 Å². The molecule has 0 saturated carbocycles. The van der Waals surface area contributed by atoms with Gasteiger partial charge in [0, 0.05) is 14.7 Å². The summed E-state index contributed by atoms with van der Waals surface area (Å²) >= 11 is 2.22. The molecule has 75 valence electrons. The van der Waals surface area contributed by atoms with Crippen molar-refractivity contribution in [3.63, 3.8) is 0 Å². The molecule has 2 aromatic carbocycles. The zero-order chi connectivity index (χ0) is 10.5. The summed E-state index contributed by atoms with van der Waals surface area (Å²) in [5, 5.41) is 0. The van der Waals surface area contributed by atoms with Gasteiger partial charge in [-0.15, -0.1) is 4.55 Å². The van der Waals surface area contributed by atoms with Crippen molar-refractivity contribution in [3.8, 4) is 0 Å². The van der Waals surface area contributed by atoms with Gasteiger partial charge >= 0.3 is 0 Å². The van der Waals surface area contributed by atoms with Gasteiger partial charge in [-0.2, -0.15) is 0 Å². The minimum absolute atomic E-state index is 0.525. The van der Waals surface area contributed by atoms with Gasteiger partial charge in [0.1, 0.15) is 0 Å². The molecule has 3 heteroatoms. The van der Waals surface area contributed by atoms with Crippen molar-refractivity contribution < 1.29 is 4.55 Å². The fourth-order valence-electron chi connectivity index (χ4n) is 1.19. The molecule has 0 unspecified atom stereocenters. The highest BCUT2D eigenvalue weighted by atomic mass is 32.2. The molecule has 0 saturated heterocycles. The van der Waals surface area contributed by atoms with Crippen molar-refractivity contribution in [3.05, 3.63) is 54.6 Å². The first kappa shape index (κ1) is 10.6. The molecular weight excluding hydrogens is 224 g/mol.